The number of hydrogen-bond donors (Lipinski definition) is 1. The molecule has 29 heavy (non-hydrogen) atoms. The number of carbonyl (C=O) groups excluding carboxylic acids is 3. The van der Waals surface area contributed by atoms with Crippen molar-refractivity contribution in [1.82, 2.24) is 4.90 Å². The Labute approximate surface area is 177 Å². The van der Waals surface area contributed by atoms with Crippen molar-refractivity contribution in [2.75, 3.05) is 36.4 Å². The summed E-state index contributed by atoms with van der Waals surface area (Å²) in [5.74, 6) is -1.25. The summed E-state index contributed by atoms with van der Waals surface area (Å²) >= 11 is 12.0. The largest absolute Gasteiger partial charge is 0.426 e. The molecule has 2 aliphatic heterocycles. The molecule has 1 saturated heterocycles. The lowest BCUT2D eigenvalue weighted by Gasteiger charge is -2.35. The van der Waals surface area contributed by atoms with E-state index in [0.717, 1.165) is 11.3 Å². The topological polar surface area (TPSA) is 79.0 Å². The minimum Gasteiger partial charge on any atom is -0.426 e. The molecule has 7 nitrogen and oxygen atoms in total. The Balaban J connectivity index is 1.34. The number of esters is 1. The van der Waals surface area contributed by atoms with E-state index in [1.807, 2.05) is 6.07 Å². The van der Waals surface area contributed by atoms with Gasteiger partial charge in [-0.15, -0.1) is 0 Å². The molecule has 0 saturated carbocycles. The SMILES string of the molecule is O=C1Cc2ccc(NC(=O)C(=O)N3CCN(c4ccc(Cl)c(Cl)c4)CC3)cc2O1. The number of benzene rings is 2. The van der Waals surface area contributed by atoms with E-state index in [-0.39, 0.29) is 12.4 Å². The van der Waals surface area contributed by atoms with Crippen molar-refractivity contribution in [2.24, 2.45) is 0 Å². The molecule has 1 N–H and O–H groups in total. The molecule has 150 valence electrons. The summed E-state index contributed by atoms with van der Waals surface area (Å²) in [5, 5.41) is 3.54. The Hall–Kier alpha value is -2.77. The van der Waals surface area contributed by atoms with E-state index in [4.69, 9.17) is 27.9 Å². The van der Waals surface area contributed by atoms with E-state index in [1.54, 1.807) is 30.3 Å². The predicted molar refractivity (Wildman–Crippen MR) is 110 cm³/mol. The fraction of sp³-hybridized carbons (Fsp3) is 0.250. The maximum Gasteiger partial charge on any atom is 0.315 e. The van der Waals surface area contributed by atoms with Gasteiger partial charge < -0.3 is 19.9 Å². The van der Waals surface area contributed by atoms with Crippen LogP contribution in [0.15, 0.2) is 36.4 Å². The van der Waals surface area contributed by atoms with Gasteiger partial charge >= 0.3 is 17.8 Å². The number of rotatable bonds is 2. The zero-order chi connectivity index (χ0) is 20.5. The molecule has 2 amide bonds. The van der Waals surface area contributed by atoms with Crippen LogP contribution in [0.5, 0.6) is 5.75 Å². The van der Waals surface area contributed by atoms with Crippen LogP contribution in [0.3, 0.4) is 0 Å². The van der Waals surface area contributed by atoms with Crippen LogP contribution in [0.25, 0.3) is 0 Å². The van der Waals surface area contributed by atoms with Gasteiger partial charge in [0.1, 0.15) is 5.75 Å². The average Bonchev–Trinajstić information content (AvgIpc) is 3.09. The van der Waals surface area contributed by atoms with Crippen LogP contribution in [0.1, 0.15) is 5.56 Å². The first-order chi connectivity index (χ1) is 13.9. The minimum atomic E-state index is -0.725. The second-order valence-electron chi connectivity index (χ2n) is 6.81. The Kier molecular flexibility index (Phi) is 5.34. The lowest BCUT2D eigenvalue weighted by Crippen LogP contribution is -2.51. The van der Waals surface area contributed by atoms with E-state index in [0.29, 0.717) is 47.7 Å². The average molecular weight is 434 g/mol. The van der Waals surface area contributed by atoms with Gasteiger partial charge in [-0.3, -0.25) is 14.4 Å². The molecule has 0 unspecified atom stereocenters. The summed E-state index contributed by atoms with van der Waals surface area (Å²) in [7, 11) is 0. The third-order valence-electron chi connectivity index (χ3n) is 4.91. The fourth-order valence-electron chi connectivity index (χ4n) is 3.37. The molecule has 0 atom stereocenters. The predicted octanol–water partition coefficient (Wildman–Crippen LogP) is 2.74. The van der Waals surface area contributed by atoms with Crippen molar-refractivity contribution in [3.63, 3.8) is 0 Å². The third-order valence-corrected chi connectivity index (χ3v) is 5.65. The van der Waals surface area contributed by atoms with Crippen molar-refractivity contribution in [3.8, 4) is 5.75 Å². The Bertz CT molecular complexity index is 1000. The fourth-order valence-corrected chi connectivity index (χ4v) is 3.66. The number of anilines is 2. The Morgan fingerprint density at radius 3 is 2.45 bits per heavy atom. The zero-order valence-electron chi connectivity index (χ0n) is 15.3. The second-order valence-corrected chi connectivity index (χ2v) is 7.62. The number of ether oxygens (including phenoxy) is 1. The number of piperazine rings is 1. The second kappa shape index (κ2) is 7.93. The number of halogens is 2. The van der Waals surface area contributed by atoms with Gasteiger partial charge in [0.05, 0.1) is 16.5 Å². The summed E-state index contributed by atoms with van der Waals surface area (Å²) in [6, 6.07) is 10.3. The van der Waals surface area contributed by atoms with Crippen molar-refractivity contribution >= 4 is 52.4 Å². The van der Waals surface area contributed by atoms with Gasteiger partial charge in [0.25, 0.3) is 0 Å². The lowest BCUT2D eigenvalue weighted by atomic mass is 10.1. The van der Waals surface area contributed by atoms with Gasteiger partial charge in [-0.1, -0.05) is 29.3 Å². The molecule has 2 aromatic carbocycles. The van der Waals surface area contributed by atoms with Gasteiger partial charge in [-0.2, -0.15) is 0 Å². The monoisotopic (exact) mass is 433 g/mol. The number of amides is 2. The normalized spacial score (nSPS) is 15.7. The zero-order valence-corrected chi connectivity index (χ0v) is 16.8. The van der Waals surface area contributed by atoms with Gasteiger partial charge in [-0.05, 0) is 24.3 Å². The molecule has 0 aromatic heterocycles. The highest BCUT2D eigenvalue weighted by Gasteiger charge is 2.27. The highest BCUT2D eigenvalue weighted by Crippen LogP contribution is 2.29. The van der Waals surface area contributed by atoms with E-state index >= 15 is 0 Å². The molecule has 0 spiro atoms. The molecule has 0 aliphatic carbocycles. The smallest absolute Gasteiger partial charge is 0.315 e. The Morgan fingerprint density at radius 1 is 0.966 bits per heavy atom. The third kappa shape index (κ3) is 4.16. The minimum absolute atomic E-state index is 0.214. The van der Waals surface area contributed by atoms with E-state index in [2.05, 4.69) is 10.2 Å². The van der Waals surface area contributed by atoms with Crippen molar-refractivity contribution in [2.45, 2.75) is 6.42 Å². The van der Waals surface area contributed by atoms with Crippen LogP contribution in [-0.4, -0.2) is 48.9 Å². The van der Waals surface area contributed by atoms with Gasteiger partial charge in [0.15, 0.2) is 0 Å². The molecular weight excluding hydrogens is 417 g/mol. The number of carbonyl (C=O) groups is 3. The van der Waals surface area contributed by atoms with Crippen LogP contribution in [0.2, 0.25) is 10.0 Å². The molecule has 1 fully saturated rings. The van der Waals surface area contributed by atoms with Crippen LogP contribution < -0.4 is 15.0 Å². The van der Waals surface area contributed by atoms with E-state index < -0.39 is 11.8 Å². The summed E-state index contributed by atoms with van der Waals surface area (Å²) < 4.78 is 5.07. The summed E-state index contributed by atoms with van der Waals surface area (Å²) in [4.78, 5) is 39.8. The Morgan fingerprint density at radius 2 is 1.72 bits per heavy atom. The van der Waals surface area contributed by atoms with E-state index in [9.17, 15) is 14.4 Å². The maximum absolute atomic E-state index is 12.5. The van der Waals surface area contributed by atoms with Crippen molar-refractivity contribution in [3.05, 3.63) is 52.0 Å². The summed E-state index contributed by atoms with van der Waals surface area (Å²) in [6.07, 6.45) is 0.214. The van der Waals surface area contributed by atoms with E-state index in [1.165, 1.54) is 4.90 Å². The van der Waals surface area contributed by atoms with Gasteiger partial charge in [-0.25, -0.2) is 0 Å². The molecule has 0 radical (unpaired) electrons. The molecule has 9 heteroatoms. The summed E-state index contributed by atoms with van der Waals surface area (Å²) in [5.41, 5.74) is 2.09. The van der Waals surface area contributed by atoms with Crippen molar-refractivity contribution in [1.29, 1.82) is 0 Å². The molecular formula is C20H17Cl2N3O4. The van der Waals surface area contributed by atoms with Crippen LogP contribution in [-0.2, 0) is 20.8 Å². The standard InChI is InChI=1S/C20H17Cl2N3O4/c21-15-4-3-14(11-16(15)22)24-5-7-25(8-6-24)20(28)19(27)23-13-2-1-12-9-18(26)29-17(12)10-13/h1-4,10-11H,5-9H2,(H,23,27). The number of hydrogen-bond acceptors (Lipinski definition) is 5. The van der Waals surface area contributed by atoms with Gasteiger partial charge in [0.2, 0.25) is 0 Å². The van der Waals surface area contributed by atoms with Crippen molar-refractivity contribution < 1.29 is 19.1 Å². The maximum atomic E-state index is 12.5. The highest BCUT2D eigenvalue weighted by molar-refractivity contribution is 6.42. The van der Waals surface area contributed by atoms with Crippen LogP contribution >= 0.6 is 23.2 Å². The quantitative estimate of drug-likeness (QED) is 0.447. The van der Waals surface area contributed by atoms with Crippen LogP contribution in [0, 0.1) is 0 Å². The molecule has 4 rings (SSSR count). The molecule has 2 aliphatic rings. The van der Waals surface area contributed by atoms with Gasteiger partial charge in [0, 0.05) is 49.2 Å². The first-order valence-corrected chi connectivity index (χ1v) is 9.80. The van der Waals surface area contributed by atoms with Crippen LogP contribution in [0.4, 0.5) is 11.4 Å². The highest BCUT2D eigenvalue weighted by atomic mass is 35.5. The number of nitrogens with one attached hydrogen (secondary N) is 1. The number of fused-ring (bicyclic) bond motifs is 1. The first kappa shape index (κ1) is 19.5. The molecule has 0 bridgehead atoms. The summed E-state index contributed by atoms with van der Waals surface area (Å²) in [6.45, 7) is 1.97. The molecule has 2 aromatic rings. The molecule has 2 heterocycles. The lowest BCUT2D eigenvalue weighted by molar-refractivity contribution is -0.143. The first-order valence-electron chi connectivity index (χ1n) is 9.04. The number of nitrogens with zero attached hydrogens (tertiary/aromatic N) is 2.